The summed E-state index contributed by atoms with van der Waals surface area (Å²) in [6.45, 7) is 8.21. The van der Waals surface area contributed by atoms with Crippen molar-refractivity contribution in [1.29, 1.82) is 0 Å². The third-order valence-corrected chi connectivity index (χ3v) is 2.63. The highest BCUT2D eigenvalue weighted by Gasteiger charge is 2.04. The van der Waals surface area contributed by atoms with Gasteiger partial charge in [-0.15, -0.1) is 0 Å². The predicted octanol–water partition coefficient (Wildman–Crippen LogP) is 1.99. The fraction of sp³-hybridized carbons (Fsp3) is 0.500. The van der Waals surface area contributed by atoms with Crippen molar-refractivity contribution in [1.82, 2.24) is 4.90 Å². The monoisotopic (exact) mass is 192 g/mol. The lowest BCUT2D eigenvalue weighted by atomic mass is 10.1. The zero-order valence-electron chi connectivity index (χ0n) is 9.16. The third kappa shape index (κ3) is 2.82. The van der Waals surface area contributed by atoms with E-state index in [-0.39, 0.29) is 0 Å². The molecule has 0 spiro atoms. The predicted molar refractivity (Wildman–Crippen MR) is 61.0 cm³/mol. The van der Waals surface area contributed by atoms with Crippen LogP contribution in [0, 0.1) is 0 Å². The van der Waals surface area contributed by atoms with Gasteiger partial charge in [-0.2, -0.15) is 0 Å². The Kier molecular flexibility index (Phi) is 4.63. The van der Waals surface area contributed by atoms with Gasteiger partial charge in [0, 0.05) is 13.1 Å². The molecule has 1 aromatic carbocycles. The van der Waals surface area contributed by atoms with Gasteiger partial charge in [0.05, 0.1) is 0 Å². The average Bonchev–Trinajstić information content (AvgIpc) is 2.26. The van der Waals surface area contributed by atoms with Crippen LogP contribution in [-0.4, -0.2) is 18.0 Å². The van der Waals surface area contributed by atoms with Crippen molar-refractivity contribution in [2.75, 3.05) is 13.1 Å². The normalized spacial score (nSPS) is 10.9. The van der Waals surface area contributed by atoms with E-state index in [0.29, 0.717) is 6.54 Å². The van der Waals surface area contributed by atoms with E-state index in [1.807, 2.05) is 6.07 Å². The molecule has 78 valence electrons. The van der Waals surface area contributed by atoms with Crippen LogP contribution in [0.5, 0.6) is 0 Å². The first kappa shape index (κ1) is 11.2. The molecule has 0 aliphatic rings. The van der Waals surface area contributed by atoms with E-state index in [9.17, 15) is 0 Å². The topological polar surface area (TPSA) is 29.3 Å². The fourth-order valence-electron chi connectivity index (χ4n) is 1.60. The number of nitrogens with two attached hydrogens (primary N) is 1. The summed E-state index contributed by atoms with van der Waals surface area (Å²) >= 11 is 0. The lowest BCUT2D eigenvalue weighted by molar-refractivity contribution is 0.295. The molecule has 0 saturated heterocycles. The van der Waals surface area contributed by atoms with Crippen molar-refractivity contribution < 1.29 is 0 Å². The maximum absolute atomic E-state index is 5.69. The molecule has 0 aliphatic carbocycles. The molecule has 0 atom stereocenters. The quantitative estimate of drug-likeness (QED) is 0.773. The fourth-order valence-corrected chi connectivity index (χ4v) is 1.60. The SMILES string of the molecule is CCN(CC)Cc1ccccc1CN. The van der Waals surface area contributed by atoms with Crippen LogP contribution < -0.4 is 5.73 Å². The summed E-state index contributed by atoms with van der Waals surface area (Å²) in [5.74, 6) is 0. The van der Waals surface area contributed by atoms with Gasteiger partial charge in [0.1, 0.15) is 0 Å². The van der Waals surface area contributed by atoms with Gasteiger partial charge in [-0.25, -0.2) is 0 Å². The van der Waals surface area contributed by atoms with Crippen molar-refractivity contribution >= 4 is 0 Å². The highest BCUT2D eigenvalue weighted by molar-refractivity contribution is 5.26. The van der Waals surface area contributed by atoms with E-state index in [2.05, 4.69) is 36.9 Å². The number of hydrogen-bond acceptors (Lipinski definition) is 2. The zero-order chi connectivity index (χ0) is 10.4. The molecule has 0 heterocycles. The number of benzene rings is 1. The van der Waals surface area contributed by atoms with Crippen LogP contribution >= 0.6 is 0 Å². The minimum absolute atomic E-state index is 0.636. The molecule has 0 radical (unpaired) electrons. The molecule has 2 heteroatoms. The second-order valence-corrected chi connectivity index (χ2v) is 3.43. The molecule has 0 aromatic heterocycles. The standard InChI is InChI=1S/C12H20N2/c1-3-14(4-2)10-12-8-6-5-7-11(12)9-13/h5-8H,3-4,9-10,13H2,1-2H3. The smallest absolute Gasteiger partial charge is 0.0236 e. The van der Waals surface area contributed by atoms with Gasteiger partial charge < -0.3 is 5.73 Å². The highest BCUT2D eigenvalue weighted by Crippen LogP contribution is 2.10. The van der Waals surface area contributed by atoms with Crippen LogP contribution in [0.1, 0.15) is 25.0 Å². The Morgan fingerprint density at radius 1 is 1.07 bits per heavy atom. The molecule has 2 nitrogen and oxygen atoms in total. The second kappa shape index (κ2) is 5.78. The molecule has 0 bridgehead atoms. The Morgan fingerprint density at radius 3 is 2.14 bits per heavy atom. The minimum Gasteiger partial charge on any atom is -0.326 e. The van der Waals surface area contributed by atoms with Crippen molar-refractivity contribution in [3.63, 3.8) is 0 Å². The van der Waals surface area contributed by atoms with Crippen molar-refractivity contribution in [2.45, 2.75) is 26.9 Å². The summed E-state index contributed by atoms with van der Waals surface area (Å²) in [6, 6.07) is 8.41. The Morgan fingerprint density at radius 2 is 1.64 bits per heavy atom. The van der Waals surface area contributed by atoms with Crippen molar-refractivity contribution in [2.24, 2.45) is 5.73 Å². The summed E-state index contributed by atoms with van der Waals surface area (Å²) in [4.78, 5) is 2.40. The number of rotatable bonds is 5. The molecule has 1 rings (SSSR count). The van der Waals surface area contributed by atoms with E-state index >= 15 is 0 Å². The van der Waals surface area contributed by atoms with Crippen LogP contribution in [0.2, 0.25) is 0 Å². The molecule has 0 amide bonds. The van der Waals surface area contributed by atoms with Crippen LogP contribution in [0.15, 0.2) is 24.3 Å². The highest BCUT2D eigenvalue weighted by atomic mass is 15.1. The first-order chi connectivity index (χ1) is 6.81. The van der Waals surface area contributed by atoms with E-state index < -0.39 is 0 Å². The van der Waals surface area contributed by atoms with E-state index in [4.69, 9.17) is 5.73 Å². The molecule has 0 saturated carbocycles. The van der Waals surface area contributed by atoms with E-state index in [1.54, 1.807) is 0 Å². The van der Waals surface area contributed by atoms with Gasteiger partial charge in [-0.05, 0) is 24.2 Å². The summed E-state index contributed by atoms with van der Waals surface area (Å²) in [7, 11) is 0. The molecule has 1 aromatic rings. The van der Waals surface area contributed by atoms with Gasteiger partial charge in [-0.3, -0.25) is 4.90 Å². The average molecular weight is 192 g/mol. The molecular formula is C12H20N2. The van der Waals surface area contributed by atoms with Gasteiger partial charge in [0.25, 0.3) is 0 Å². The number of nitrogens with zero attached hydrogens (tertiary/aromatic N) is 1. The van der Waals surface area contributed by atoms with Crippen molar-refractivity contribution in [3.8, 4) is 0 Å². The van der Waals surface area contributed by atoms with Crippen LogP contribution in [0.3, 0.4) is 0 Å². The number of hydrogen-bond donors (Lipinski definition) is 1. The molecule has 0 fully saturated rings. The molecule has 2 N–H and O–H groups in total. The first-order valence-corrected chi connectivity index (χ1v) is 5.31. The lowest BCUT2D eigenvalue weighted by Gasteiger charge is -2.19. The molecule has 14 heavy (non-hydrogen) atoms. The van der Waals surface area contributed by atoms with Gasteiger partial charge >= 0.3 is 0 Å². The molecular weight excluding hydrogens is 172 g/mol. The minimum atomic E-state index is 0.636. The van der Waals surface area contributed by atoms with Crippen LogP contribution in [0.25, 0.3) is 0 Å². The Bertz CT molecular complexity index is 267. The zero-order valence-corrected chi connectivity index (χ0v) is 9.16. The Hall–Kier alpha value is -0.860. The van der Waals surface area contributed by atoms with E-state index in [1.165, 1.54) is 11.1 Å². The summed E-state index contributed by atoms with van der Waals surface area (Å²) in [6.07, 6.45) is 0. The summed E-state index contributed by atoms with van der Waals surface area (Å²) < 4.78 is 0. The Labute approximate surface area is 86.7 Å². The lowest BCUT2D eigenvalue weighted by Crippen LogP contribution is -2.23. The van der Waals surface area contributed by atoms with Gasteiger partial charge in [0.2, 0.25) is 0 Å². The summed E-state index contributed by atoms with van der Waals surface area (Å²) in [5.41, 5.74) is 8.31. The largest absolute Gasteiger partial charge is 0.326 e. The molecule has 0 unspecified atom stereocenters. The summed E-state index contributed by atoms with van der Waals surface area (Å²) in [5, 5.41) is 0. The van der Waals surface area contributed by atoms with Crippen LogP contribution in [-0.2, 0) is 13.1 Å². The second-order valence-electron chi connectivity index (χ2n) is 3.43. The maximum Gasteiger partial charge on any atom is 0.0236 e. The maximum atomic E-state index is 5.69. The third-order valence-electron chi connectivity index (χ3n) is 2.63. The molecule has 0 aliphatic heterocycles. The Balaban J connectivity index is 2.74. The van der Waals surface area contributed by atoms with Gasteiger partial charge in [-0.1, -0.05) is 38.1 Å². The van der Waals surface area contributed by atoms with E-state index in [0.717, 1.165) is 19.6 Å². The van der Waals surface area contributed by atoms with Crippen molar-refractivity contribution in [3.05, 3.63) is 35.4 Å². The van der Waals surface area contributed by atoms with Gasteiger partial charge in [0.15, 0.2) is 0 Å². The van der Waals surface area contributed by atoms with Crippen LogP contribution in [0.4, 0.5) is 0 Å². The first-order valence-electron chi connectivity index (χ1n) is 5.31.